The standard InChI is InChI=1S/C15H19N7S/c1-11(16-8-13-9-23-15(18-13)21(2)3)12-4-6-14(7-5-12)22-10-17-19-20-22/h4-7,9-11,16H,8H2,1-3H3/t11-/m1/s1. The second-order valence-electron chi connectivity index (χ2n) is 5.46. The largest absolute Gasteiger partial charge is 0.354 e. The van der Waals surface area contributed by atoms with E-state index in [1.54, 1.807) is 22.3 Å². The molecule has 0 aliphatic heterocycles. The van der Waals surface area contributed by atoms with E-state index in [0.717, 1.165) is 23.1 Å². The van der Waals surface area contributed by atoms with Crippen LogP contribution in [0.4, 0.5) is 5.13 Å². The summed E-state index contributed by atoms with van der Waals surface area (Å²) in [5, 5.41) is 17.8. The molecule has 2 heterocycles. The maximum absolute atomic E-state index is 4.58. The molecule has 0 saturated carbocycles. The van der Waals surface area contributed by atoms with Crippen LogP contribution in [0, 0.1) is 0 Å². The van der Waals surface area contributed by atoms with Crippen molar-refractivity contribution in [3.8, 4) is 5.69 Å². The van der Waals surface area contributed by atoms with Gasteiger partial charge in [0.05, 0.1) is 11.4 Å². The number of rotatable bonds is 6. The van der Waals surface area contributed by atoms with Gasteiger partial charge in [0.1, 0.15) is 6.33 Å². The lowest BCUT2D eigenvalue weighted by Gasteiger charge is -2.14. The van der Waals surface area contributed by atoms with E-state index in [2.05, 4.69) is 50.3 Å². The predicted octanol–water partition coefficient (Wildman–Crippen LogP) is 2.04. The lowest BCUT2D eigenvalue weighted by Crippen LogP contribution is -2.18. The van der Waals surface area contributed by atoms with E-state index in [9.17, 15) is 0 Å². The molecule has 7 nitrogen and oxygen atoms in total. The van der Waals surface area contributed by atoms with Crippen molar-refractivity contribution in [1.29, 1.82) is 0 Å². The normalized spacial score (nSPS) is 12.3. The Bertz CT molecular complexity index is 734. The van der Waals surface area contributed by atoms with Crippen LogP contribution in [0.25, 0.3) is 5.69 Å². The van der Waals surface area contributed by atoms with Crippen molar-refractivity contribution in [3.63, 3.8) is 0 Å². The van der Waals surface area contributed by atoms with Crippen molar-refractivity contribution in [2.75, 3.05) is 19.0 Å². The molecule has 3 rings (SSSR count). The summed E-state index contributed by atoms with van der Waals surface area (Å²) >= 11 is 1.66. The number of anilines is 1. The van der Waals surface area contributed by atoms with E-state index < -0.39 is 0 Å². The van der Waals surface area contributed by atoms with Gasteiger partial charge in [-0.1, -0.05) is 12.1 Å². The van der Waals surface area contributed by atoms with E-state index in [1.807, 2.05) is 31.1 Å². The first-order valence-electron chi connectivity index (χ1n) is 7.32. The minimum atomic E-state index is 0.238. The van der Waals surface area contributed by atoms with Gasteiger partial charge in [0.2, 0.25) is 0 Å². The molecule has 0 spiro atoms. The van der Waals surface area contributed by atoms with E-state index >= 15 is 0 Å². The molecule has 8 heteroatoms. The quantitative estimate of drug-likeness (QED) is 0.746. The van der Waals surface area contributed by atoms with Crippen molar-refractivity contribution in [2.24, 2.45) is 0 Å². The Kier molecular flexibility index (Phi) is 4.63. The lowest BCUT2D eigenvalue weighted by atomic mass is 10.1. The van der Waals surface area contributed by atoms with Crippen molar-refractivity contribution in [1.82, 2.24) is 30.5 Å². The van der Waals surface area contributed by atoms with Gasteiger partial charge in [0.25, 0.3) is 0 Å². The van der Waals surface area contributed by atoms with Gasteiger partial charge in [0, 0.05) is 32.1 Å². The van der Waals surface area contributed by atoms with Crippen molar-refractivity contribution in [2.45, 2.75) is 19.5 Å². The molecule has 0 aliphatic rings. The van der Waals surface area contributed by atoms with Crippen LogP contribution in [0.15, 0.2) is 36.0 Å². The first-order chi connectivity index (χ1) is 11.1. The van der Waals surface area contributed by atoms with E-state index in [1.165, 1.54) is 5.56 Å². The highest BCUT2D eigenvalue weighted by Gasteiger charge is 2.08. The molecule has 1 atom stereocenters. The molecule has 0 fully saturated rings. The van der Waals surface area contributed by atoms with Crippen LogP contribution in [0.1, 0.15) is 24.2 Å². The van der Waals surface area contributed by atoms with Crippen LogP contribution in [0.5, 0.6) is 0 Å². The molecule has 0 bridgehead atoms. The molecule has 23 heavy (non-hydrogen) atoms. The van der Waals surface area contributed by atoms with Crippen LogP contribution in [-0.2, 0) is 6.54 Å². The summed E-state index contributed by atoms with van der Waals surface area (Å²) in [6.07, 6.45) is 1.58. The Labute approximate surface area is 139 Å². The number of benzene rings is 1. The summed E-state index contributed by atoms with van der Waals surface area (Å²) in [5.74, 6) is 0. The zero-order valence-corrected chi connectivity index (χ0v) is 14.2. The van der Waals surface area contributed by atoms with Crippen LogP contribution in [-0.4, -0.2) is 39.3 Å². The number of nitrogens with zero attached hydrogens (tertiary/aromatic N) is 6. The fourth-order valence-corrected chi connectivity index (χ4v) is 2.91. The maximum atomic E-state index is 4.58. The minimum absolute atomic E-state index is 0.238. The summed E-state index contributed by atoms with van der Waals surface area (Å²) in [6.45, 7) is 2.89. The van der Waals surface area contributed by atoms with Gasteiger partial charge < -0.3 is 10.2 Å². The fourth-order valence-electron chi connectivity index (χ4n) is 2.15. The number of nitrogens with one attached hydrogen (secondary N) is 1. The molecule has 0 aliphatic carbocycles. The Morgan fingerprint density at radius 1 is 1.26 bits per heavy atom. The minimum Gasteiger partial charge on any atom is -0.354 e. The second kappa shape index (κ2) is 6.84. The first kappa shape index (κ1) is 15.6. The maximum Gasteiger partial charge on any atom is 0.185 e. The Balaban J connectivity index is 1.60. The molecule has 0 amide bonds. The molecule has 0 saturated heterocycles. The van der Waals surface area contributed by atoms with Crippen molar-refractivity contribution in [3.05, 3.63) is 47.2 Å². The second-order valence-corrected chi connectivity index (χ2v) is 6.30. The summed E-state index contributed by atoms with van der Waals surface area (Å²) < 4.78 is 1.64. The average Bonchev–Trinajstić information content (AvgIpc) is 3.24. The van der Waals surface area contributed by atoms with Crippen molar-refractivity contribution >= 4 is 16.5 Å². The predicted molar refractivity (Wildman–Crippen MR) is 90.8 cm³/mol. The Hall–Kier alpha value is -2.32. The third kappa shape index (κ3) is 3.72. The highest BCUT2D eigenvalue weighted by atomic mass is 32.1. The van der Waals surface area contributed by atoms with E-state index in [-0.39, 0.29) is 6.04 Å². The molecule has 2 aromatic heterocycles. The van der Waals surface area contributed by atoms with Crippen LogP contribution in [0.2, 0.25) is 0 Å². The fraction of sp³-hybridized carbons (Fsp3) is 0.333. The van der Waals surface area contributed by atoms with Crippen LogP contribution >= 0.6 is 11.3 Å². The molecule has 0 unspecified atom stereocenters. The molecule has 1 aromatic carbocycles. The average molecular weight is 329 g/mol. The Morgan fingerprint density at radius 2 is 2.04 bits per heavy atom. The third-order valence-electron chi connectivity index (χ3n) is 3.52. The number of hydrogen-bond donors (Lipinski definition) is 1. The lowest BCUT2D eigenvalue weighted by molar-refractivity contribution is 0.569. The summed E-state index contributed by atoms with van der Waals surface area (Å²) in [7, 11) is 4.01. The zero-order chi connectivity index (χ0) is 16.2. The van der Waals surface area contributed by atoms with Crippen LogP contribution < -0.4 is 10.2 Å². The highest BCUT2D eigenvalue weighted by Crippen LogP contribution is 2.19. The third-order valence-corrected chi connectivity index (χ3v) is 4.58. The molecule has 3 aromatic rings. The topological polar surface area (TPSA) is 71.8 Å². The number of aromatic nitrogens is 5. The van der Waals surface area contributed by atoms with E-state index in [0.29, 0.717) is 0 Å². The van der Waals surface area contributed by atoms with Gasteiger partial charge in [0.15, 0.2) is 5.13 Å². The van der Waals surface area contributed by atoms with Gasteiger partial charge in [-0.2, -0.15) is 0 Å². The smallest absolute Gasteiger partial charge is 0.185 e. The molecular formula is C15H19N7S. The first-order valence-corrected chi connectivity index (χ1v) is 8.20. The molecule has 0 radical (unpaired) electrons. The summed E-state index contributed by atoms with van der Waals surface area (Å²) in [6, 6.07) is 8.43. The van der Waals surface area contributed by atoms with Gasteiger partial charge in [-0.25, -0.2) is 9.67 Å². The van der Waals surface area contributed by atoms with E-state index in [4.69, 9.17) is 0 Å². The number of thiazole rings is 1. The van der Waals surface area contributed by atoms with Gasteiger partial charge >= 0.3 is 0 Å². The van der Waals surface area contributed by atoms with Crippen LogP contribution in [0.3, 0.4) is 0 Å². The summed E-state index contributed by atoms with van der Waals surface area (Å²) in [5.41, 5.74) is 3.22. The Morgan fingerprint density at radius 3 is 2.65 bits per heavy atom. The van der Waals surface area contributed by atoms with Crippen molar-refractivity contribution < 1.29 is 0 Å². The molecule has 120 valence electrons. The highest BCUT2D eigenvalue weighted by molar-refractivity contribution is 7.13. The molecule has 1 N–H and O–H groups in total. The SMILES string of the molecule is C[C@@H](NCc1csc(N(C)C)n1)c1ccc(-n2cnnn2)cc1. The van der Waals surface area contributed by atoms with Gasteiger partial charge in [-0.3, -0.25) is 0 Å². The van der Waals surface area contributed by atoms with Gasteiger partial charge in [-0.15, -0.1) is 16.4 Å². The number of tetrazole rings is 1. The molecular weight excluding hydrogens is 310 g/mol. The summed E-state index contributed by atoms with van der Waals surface area (Å²) in [4.78, 5) is 6.60. The zero-order valence-electron chi connectivity index (χ0n) is 13.3. The van der Waals surface area contributed by atoms with Gasteiger partial charge in [-0.05, 0) is 35.0 Å². The number of hydrogen-bond acceptors (Lipinski definition) is 7. The monoisotopic (exact) mass is 329 g/mol.